The summed E-state index contributed by atoms with van der Waals surface area (Å²) in [6.07, 6.45) is 0. The van der Waals surface area contributed by atoms with Gasteiger partial charge in [-0.05, 0) is 56.0 Å². The predicted molar refractivity (Wildman–Crippen MR) is 124 cm³/mol. The number of nitrogens with zero attached hydrogens (tertiary/aromatic N) is 1. The van der Waals surface area contributed by atoms with E-state index in [1.165, 1.54) is 36.1 Å². The molecule has 0 saturated heterocycles. The van der Waals surface area contributed by atoms with Crippen LogP contribution in [0.5, 0.6) is 0 Å². The SMILES string of the molecule is CC(=O)C1=C(C)NC(SCC(=O)c2cc(Cl)ccc2Cl)=C(C#N)[C@@H]1c1sccc1C. The molecule has 2 aromatic rings. The van der Waals surface area contributed by atoms with Crippen LogP contribution in [0, 0.1) is 18.3 Å². The number of thiophene rings is 1. The zero-order valence-electron chi connectivity index (χ0n) is 16.5. The molecule has 0 unspecified atom stereocenters. The first-order valence-electron chi connectivity index (χ1n) is 9.02. The minimum absolute atomic E-state index is 0.0758. The number of carbonyl (C=O) groups excluding carboxylic acids is 2. The van der Waals surface area contributed by atoms with E-state index in [0.717, 1.165) is 10.4 Å². The summed E-state index contributed by atoms with van der Waals surface area (Å²) >= 11 is 14.9. The highest BCUT2D eigenvalue weighted by molar-refractivity contribution is 8.03. The third-order valence-electron chi connectivity index (χ3n) is 4.77. The number of benzene rings is 1. The van der Waals surface area contributed by atoms with Gasteiger partial charge in [-0.25, -0.2) is 0 Å². The summed E-state index contributed by atoms with van der Waals surface area (Å²) in [5, 5.41) is 16.4. The maximum absolute atomic E-state index is 12.7. The standard InChI is InChI=1S/C22H18Cl2N2O2S2/c1-11-6-7-29-21(11)20-16(9-25)22(26-12(2)19(20)13(3)27)30-10-18(28)15-8-14(23)4-5-17(15)24/h4-8,20,26H,10H2,1-3H3/t20-/m0/s1. The zero-order chi connectivity index (χ0) is 22.0. The fraction of sp³-hybridized carbons (Fsp3) is 0.227. The van der Waals surface area contributed by atoms with E-state index in [-0.39, 0.29) is 17.3 Å². The van der Waals surface area contributed by atoms with Crippen molar-refractivity contribution in [2.75, 3.05) is 5.75 Å². The lowest BCUT2D eigenvalue weighted by molar-refractivity contribution is -0.113. The Kier molecular flexibility index (Phi) is 7.10. The molecule has 1 N–H and O–H groups in total. The van der Waals surface area contributed by atoms with Gasteiger partial charge in [-0.2, -0.15) is 5.26 Å². The second-order valence-electron chi connectivity index (χ2n) is 6.81. The van der Waals surface area contributed by atoms with Crippen LogP contribution in [-0.4, -0.2) is 17.3 Å². The molecule has 3 rings (SSSR count). The average molecular weight is 477 g/mol. The third kappa shape index (κ3) is 4.50. The van der Waals surface area contributed by atoms with E-state index in [1.54, 1.807) is 12.1 Å². The number of halogens is 2. The van der Waals surface area contributed by atoms with Crippen LogP contribution in [-0.2, 0) is 4.79 Å². The Labute approximate surface area is 193 Å². The molecule has 0 spiro atoms. The van der Waals surface area contributed by atoms with Crippen molar-refractivity contribution in [3.63, 3.8) is 0 Å². The molecular weight excluding hydrogens is 459 g/mol. The number of aryl methyl sites for hydroxylation is 1. The number of hydrogen-bond acceptors (Lipinski definition) is 6. The summed E-state index contributed by atoms with van der Waals surface area (Å²) in [7, 11) is 0. The summed E-state index contributed by atoms with van der Waals surface area (Å²) in [5.41, 5.74) is 3.07. The first kappa shape index (κ1) is 22.6. The van der Waals surface area contributed by atoms with Crippen LogP contribution in [0.1, 0.15) is 40.6 Å². The van der Waals surface area contributed by atoms with Gasteiger partial charge in [0, 0.05) is 26.7 Å². The number of carbonyl (C=O) groups is 2. The Morgan fingerprint density at radius 3 is 2.60 bits per heavy atom. The average Bonchev–Trinajstić information content (AvgIpc) is 3.12. The van der Waals surface area contributed by atoms with E-state index < -0.39 is 5.92 Å². The number of rotatable bonds is 6. The van der Waals surface area contributed by atoms with Crippen molar-refractivity contribution in [3.8, 4) is 6.07 Å². The molecule has 1 atom stereocenters. The van der Waals surface area contributed by atoms with Gasteiger partial charge in [0.1, 0.15) is 0 Å². The van der Waals surface area contributed by atoms with Crippen LogP contribution in [0.3, 0.4) is 0 Å². The summed E-state index contributed by atoms with van der Waals surface area (Å²) < 4.78 is 0. The molecule has 2 heterocycles. The largest absolute Gasteiger partial charge is 0.353 e. The summed E-state index contributed by atoms with van der Waals surface area (Å²) in [6, 6.07) is 8.99. The maximum atomic E-state index is 12.7. The van der Waals surface area contributed by atoms with Gasteiger partial charge in [0.25, 0.3) is 0 Å². The van der Waals surface area contributed by atoms with Gasteiger partial charge in [0.15, 0.2) is 11.6 Å². The van der Waals surface area contributed by atoms with Crippen molar-refractivity contribution in [1.29, 1.82) is 5.26 Å². The number of dihydropyridines is 1. The Morgan fingerprint density at radius 1 is 1.27 bits per heavy atom. The lowest BCUT2D eigenvalue weighted by atomic mass is 9.84. The minimum Gasteiger partial charge on any atom is -0.353 e. The van der Waals surface area contributed by atoms with E-state index in [2.05, 4.69) is 11.4 Å². The number of nitriles is 1. The van der Waals surface area contributed by atoms with Crippen molar-refractivity contribution < 1.29 is 9.59 Å². The normalized spacial score (nSPS) is 16.3. The van der Waals surface area contributed by atoms with Crippen molar-refractivity contribution in [1.82, 2.24) is 5.32 Å². The van der Waals surface area contributed by atoms with E-state index in [4.69, 9.17) is 23.2 Å². The van der Waals surface area contributed by atoms with Gasteiger partial charge in [-0.1, -0.05) is 35.0 Å². The smallest absolute Gasteiger partial charge is 0.174 e. The van der Waals surface area contributed by atoms with E-state index in [9.17, 15) is 14.9 Å². The van der Waals surface area contributed by atoms with Crippen molar-refractivity contribution in [3.05, 3.63) is 77.6 Å². The van der Waals surface area contributed by atoms with Crippen LogP contribution in [0.4, 0.5) is 0 Å². The number of thioether (sulfide) groups is 1. The van der Waals surface area contributed by atoms with Crippen LogP contribution in [0.25, 0.3) is 0 Å². The number of allylic oxidation sites excluding steroid dienone is 3. The molecule has 0 aliphatic carbocycles. The fourth-order valence-electron chi connectivity index (χ4n) is 3.36. The van der Waals surface area contributed by atoms with E-state index in [1.807, 2.05) is 25.3 Å². The van der Waals surface area contributed by atoms with Crippen molar-refractivity contribution >= 4 is 57.9 Å². The Bertz CT molecular complexity index is 1140. The Hall–Kier alpha value is -2.04. The first-order valence-corrected chi connectivity index (χ1v) is 11.6. The van der Waals surface area contributed by atoms with Gasteiger partial charge >= 0.3 is 0 Å². The number of nitrogens with one attached hydrogen (secondary N) is 1. The summed E-state index contributed by atoms with van der Waals surface area (Å²) in [4.78, 5) is 26.1. The van der Waals surface area contributed by atoms with Crippen LogP contribution >= 0.6 is 46.3 Å². The predicted octanol–water partition coefficient (Wildman–Crippen LogP) is 6.26. The molecule has 30 heavy (non-hydrogen) atoms. The molecule has 0 bridgehead atoms. The van der Waals surface area contributed by atoms with Gasteiger partial charge in [0.05, 0.1) is 33.4 Å². The van der Waals surface area contributed by atoms with Gasteiger partial charge < -0.3 is 5.32 Å². The van der Waals surface area contributed by atoms with Crippen LogP contribution < -0.4 is 5.32 Å². The quantitative estimate of drug-likeness (QED) is 0.497. The maximum Gasteiger partial charge on any atom is 0.174 e. The number of Topliss-reactive ketones (excluding diaryl/α,β-unsaturated/α-hetero) is 2. The second kappa shape index (κ2) is 9.40. The molecule has 0 fully saturated rings. The molecule has 0 amide bonds. The lowest BCUT2D eigenvalue weighted by Gasteiger charge is -2.29. The second-order valence-corrected chi connectivity index (χ2v) is 9.59. The van der Waals surface area contributed by atoms with Crippen LogP contribution in [0.15, 0.2) is 51.5 Å². The molecule has 1 aromatic heterocycles. The Balaban J connectivity index is 1.96. The van der Waals surface area contributed by atoms with Crippen molar-refractivity contribution in [2.24, 2.45) is 0 Å². The topological polar surface area (TPSA) is 70.0 Å². The van der Waals surface area contributed by atoms with Gasteiger partial charge in [0.2, 0.25) is 0 Å². The van der Waals surface area contributed by atoms with Gasteiger partial charge in [-0.3, -0.25) is 9.59 Å². The molecule has 1 aliphatic heterocycles. The highest BCUT2D eigenvalue weighted by atomic mass is 35.5. The zero-order valence-corrected chi connectivity index (χ0v) is 19.7. The molecule has 1 aromatic carbocycles. The monoisotopic (exact) mass is 476 g/mol. The van der Waals surface area contributed by atoms with Gasteiger partial charge in [-0.15, -0.1) is 11.3 Å². The highest BCUT2D eigenvalue weighted by Gasteiger charge is 2.34. The molecule has 4 nitrogen and oxygen atoms in total. The van der Waals surface area contributed by atoms with Crippen molar-refractivity contribution in [2.45, 2.75) is 26.7 Å². The number of hydrogen-bond donors (Lipinski definition) is 1. The summed E-state index contributed by atoms with van der Waals surface area (Å²) in [6.45, 7) is 5.29. The summed E-state index contributed by atoms with van der Waals surface area (Å²) in [5.74, 6) is -0.647. The van der Waals surface area contributed by atoms with Crippen LogP contribution in [0.2, 0.25) is 10.0 Å². The minimum atomic E-state index is -0.443. The molecular formula is C22H18Cl2N2O2S2. The lowest BCUT2D eigenvalue weighted by Crippen LogP contribution is -2.27. The molecule has 154 valence electrons. The number of ketones is 2. The highest BCUT2D eigenvalue weighted by Crippen LogP contribution is 2.43. The van der Waals surface area contributed by atoms with E-state index >= 15 is 0 Å². The third-order valence-corrected chi connectivity index (χ3v) is 7.43. The molecule has 0 radical (unpaired) electrons. The molecule has 1 aliphatic rings. The molecule has 8 heteroatoms. The van der Waals surface area contributed by atoms with E-state index in [0.29, 0.717) is 37.5 Å². The Morgan fingerprint density at radius 2 is 2.00 bits per heavy atom. The fourth-order valence-corrected chi connectivity index (χ4v) is 5.78. The first-order chi connectivity index (χ1) is 14.2. The molecule has 0 saturated carbocycles.